The van der Waals surface area contributed by atoms with Crippen LogP contribution in [0.1, 0.15) is 30.6 Å². The molecule has 2 heterocycles. The van der Waals surface area contributed by atoms with Crippen molar-refractivity contribution in [2.24, 2.45) is 4.99 Å². The van der Waals surface area contributed by atoms with Crippen LogP contribution in [-0.4, -0.2) is 41.8 Å². The van der Waals surface area contributed by atoms with Crippen molar-refractivity contribution in [2.75, 3.05) is 18.4 Å². The third kappa shape index (κ3) is 6.38. The summed E-state index contributed by atoms with van der Waals surface area (Å²) < 4.78 is 5.60. The highest BCUT2D eigenvalue weighted by Gasteiger charge is 2.28. The monoisotopic (exact) mass is 472 g/mol. The number of benzene rings is 2. The van der Waals surface area contributed by atoms with E-state index in [0.29, 0.717) is 25.2 Å². The predicted octanol–water partition coefficient (Wildman–Crippen LogP) is 3.28. The van der Waals surface area contributed by atoms with Crippen molar-refractivity contribution in [1.29, 1.82) is 5.26 Å². The van der Waals surface area contributed by atoms with E-state index >= 15 is 0 Å². The Kier molecular flexibility index (Phi) is 7.63. The van der Waals surface area contributed by atoms with Crippen LogP contribution in [0.25, 0.3) is 11.0 Å². The van der Waals surface area contributed by atoms with Gasteiger partial charge in [-0.3, -0.25) is 14.9 Å². The molecule has 2 amide bonds. The summed E-state index contributed by atoms with van der Waals surface area (Å²) in [6.45, 7) is 2.75. The Morgan fingerprint density at radius 1 is 1.20 bits per heavy atom. The maximum absolute atomic E-state index is 13.2. The molecule has 35 heavy (non-hydrogen) atoms. The summed E-state index contributed by atoms with van der Waals surface area (Å²) in [6, 6.07) is 16.4. The number of hydrogen-bond acceptors (Lipinski definition) is 5. The summed E-state index contributed by atoms with van der Waals surface area (Å²) in [6.07, 6.45) is 4.00. The molecular weight excluding hydrogens is 444 g/mol. The largest absolute Gasteiger partial charge is 0.461 e. The van der Waals surface area contributed by atoms with Crippen molar-refractivity contribution in [2.45, 2.75) is 38.8 Å². The molecule has 1 aliphatic rings. The Morgan fingerprint density at radius 2 is 2.03 bits per heavy atom. The molecule has 1 aromatic heterocycles. The van der Waals surface area contributed by atoms with Gasteiger partial charge >= 0.3 is 0 Å². The van der Waals surface area contributed by atoms with E-state index < -0.39 is 6.04 Å². The van der Waals surface area contributed by atoms with Crippen LogP contribution in [0.15, 0.2) is 64.0 Å². The molecule has 0 spiro atoms. The minimum atomic E-state index is -0.692. The molecule has 0 saturated carbocycles. The minimum Gasteiger partial charge on any atom is -0.461 e. The van der Waals surface area contributed by atoms with Gasteiger partial charge < -0.3 is 20.0 Å². The zero-order chi connectivity index (χ0) is 24.6. The molecular formula is C26H28N6O3. The fourth-order valence-electron chi connectivity index (χ4n) is 4.08. The summed E-state index contributed by atoms with van der Waals surface area (Å²) in [7, 11) is 0. The molecule has 3 N–H and O–H groups in total. The molecule has 1 aliphatic heterocycles. The average Bonchev–Trinajstić information content (AvgIpc) is 3.14. The van der Waals surface area contributed by atoms with E-state index in [9.17, 15) is 14.9 Å². The van der Waals surface area contributed by atoms with Gasteiger partial charge in [0.15, 0.2) is 6.19 Å². The first-order valence-electron chi connectivity index (χ1n) is 11.6. The molecule has 0 aliphatic carbocycles. The molecule has 0 radical (unpaired) electrons. The SMILES string of the molecule is Cc1cc2cc(NC(=NC3CCCCN(CC(=O)NCc4ccccc4)C3=O)NC#N)ccc2o1. The molecule has 180 valence electrons. The van der Waals surface area contributed by atoms with E-state index in [0.717, 1.165) is 35.1 Å². The van der Waals surface area contributed by atoms with E-state index in [2.05, 4.69) is 20.9 Å². The average molecular weight is 473 g/mol. The van der Waals surface area contributed by atoms with Crippen molar-refractivity contribution >= 4 is 34.4 Å². The van der Waals surface area contributed by atoms with Crippen LogP contribution < -0.4 is 16.0 Å². The third-order valence-electron chi connectivity index (χ3n) is 5.78. The van der Waals surface area contributed by atoms with Crippen LogP contribution in [0.5, 0.6) is 0 Å². The zero-order valence-corrected chi connectivity index (χ0v) is 19.6. The van der Waals surface area contributed by atoms with E-state index in [-0.39, 0.29) is 24.3 Å². The van der Waals surface area contributed by atoms with Crippen LogP contribution in [0.2, 0.25) is 0 Å². The van der Waals surface area contributed by atoms with E-state index in [1.165, 1.54) is 0 Å². The standard InChI is InChI=1S/C26H28N6O3/c1-18-13-20-14-21(10-11-23(20)35-18)30-26(29-17-27)31-22-9-5-6-12-32(25(22)34)16-24(33)28-15-19-7-3-2-4-8-19/h2-4,7-8,10-11,13-14,22H,5-6,9,12,15-16H2,1H3,(H,28,33)(H2,29,30,31). The number of amides is 2. The summed E-state index contributed by atoms with van der Waals surface area (Å²) in [5.74, 6) is 0.542. The molecule has 1 fully saturated rings. The number of aliphatic imine (C=N–C) groups is 1. The van der Waals surface area contributed by atoms with E-state index in [4.69, 9.17) is 4.42 Å². The quantitative estimate of drug-likeness (QED) is 0.219. The lowest BCUT2D eigenvalue weighted by molar-refractivity contribution is -0.136. The van der Waals surface area contributed by atoms with Gasteiger partial charge in [0, 0.05) is 24.2 Å². The molecule has 1 saturated heterocycles. The lowest BCUT2D eigenvalue weighted by Crippen LogP contribution is -2.44. The number of nitriles is 1. The van der Waals surface area contributed by atoms with Gasteiger partial charge in [0.25, 0.3) is 0 Å². The fraction of sp³-hybridized carbons (Fsp3) is 0.308. The number of furan rings is 1. The van der Waals surface area contributed by atoms with Gasteiger partial charge in [-0.25, -0.2) is 4.99 Å². The van der Waals surface area contributed by atoms with Gasteiger partial charge in [0.1, 0.15) is 17.4 Å². The first-order chi connectivity index (χ1) is 17.0. The Hall–Kier alpha value is -4.32. The number of fused-ring (bicyclic) bond motifs is 1. The zero-order valence-electron chi connectivity index (χ0n) is 19.6. The second kappa shape index (κ2) is 11.2. The number of anilines is 1. The highest BCUT2D eigenvalue weighted by Crippen LogP contribution is 2.23. The van der Waals surface area contributed by atoms with Crippen LogP contribution in [0.3, 0.4) is 0 Å². The van der Waals surface area contributed by atoms with Crippen LogP contribution in [0, 0.1) is 18.4 Å². The molecule has 9 nitrogen and oxygen atoms in total. The topological polar surface area (TPSA) is 123 Å². The van der Waals surface area contributed by atoms with Crippen molar-refractivity contribution < 1.29 is 14.0 Å². The van der Waals surface area contributed by atoms with Gasteiger partial charge in [0.2, 0.25) is 17.8 Å². The number of rotatable bonds is 6. The Labute approximate surface area is 203 Å². The lowest BCUT2D eigenvalue weighted by Gasteiger charge is -2.22. The van der Waals surface area contributed by atoms with Crippen LogP contribution >= 0.6 is 0 Å². The van der Waals surface area contributed by atoms with Crippen molar-refractivity contribution in [1.82, 2.24) is 15.5 Å². The van der Waals surface area contributed by atoms with E-state index in [1.807, 2.05) is 67.7 Å². The summed E-state index contributed by atoms with van der Waals surface area (Å²) in [5, 5.41) is 18.6. The summed E-state index contributed by atoms with van der Waals surface area (Å²) in [4.78, 5) is 31.8. The van der Waals surface area contributed by atoms with Gasteiger partial charge in [-0.15, -0.1) is 0 Å². The maximum atomic E-state index is 13.2. The van der Waals surface area contributed by atoms with Crippen molar-refractivity contribution in [3.8, 4) is 6.19 Å². The number of carbonyl (C=O) groups is 2. The Balaban J connectivity index is 1.43. The number of likely N-dealkylation sites (tertiary alicyclic amines) is 1. The molecule has 2 aromatic carbocycles. The maximum Gasteiger partial charge on any atom is 0.247 e. The molecule has 4 rings (SSSR count). The second-order valence-corrected chi connectivity index (χ2v) is 8.48. The molecule has 1 unspecified atom stereocenters. The number of aryl methyl sites for hydroxylation is 1. The number of carbonyl (C=O) groups excluding carboxylic acids is 2. The lowest BCUT2D eigenvalue weighted by atomic mass is 10.1. The molecule has 3 aromatic rings. The third-order valence-corrected chi connectivity index (χ3v) is 5.78. The summed E-state index contributed by atoms with van der Waals surface area (Å²) in [5.41, 5.74) is 2.46. The number of nitrogens with zero attached hydrogens (tertiary/aromatic N) is 3. The number of guanidine groups is 1. The minimum absolute atomic E-state index is 0.0252. The molecule has 0 bridgehead atoms. The van der Waals surface area contributed by atoms with Crippen molar-refractivity contribution in [3.05, 3.63) is 65.9 Å². The second-order valence-electron chi connectivity index (χ2n) is 8.48. The highest BCUT2D eigenvalue weighted by atomic mass is 16.3. The Morgan fingerprint density at radius 3 is 2.83 bits per heavy atom. The number of hydrogen-bond donors (Lipinski definition) is 3. The van der Waals surface area contributed by atoms with Crippen molar-refractivity contribution in [3.63, 3.8) is 0 Å². The van der Waals surface area contributed by atoms with E-state index in [1.54, 1.807) is 4.90 Å². The highest BCUT2D eigenvalue weighted by molar-refractivity contribution is 5.98. The predicted molar refractivity (Wildman–Crippen MR) is 133 cm³/mol. The summed E-state index contributed by atoms with van der Waals surface area (Å²) >= 11 is 0. The number of nitrogens with one attached hydrogen (secondary N) is 3. The Bertz CT molecular complexity index is 1260. The van der Waals surface area contributed by atoms with Gasteiger partial charge in [-0.2, -0.15) is 5.26 Å². The van der Waals surface area contributed by atoms with Gasteiger partial charge in [-0.1, -0.05) is 30.3 Å². The van der Waals surface area contributed by atoms with Gasteiger partial charge in [-0.05, 0) is 56.0 Å². The van der Waals surface area contributed by atoms with Gasteiger partial charge in [0.05, 0.1) is 6.54 Å². The fourth-order valence-corrected chi connectivity index (χ4v) is 4.08. The first kappa shape index (κ1) is 23.8. The van der Waals surface area contributed by atoms with Crippen LogP contribution in [-0.2, 0) is 16.1 Å². The smallest absolute Gasteiger partial charge is 0.247 e. The normalized spacial score (nSPS) is 16.5. The molecule has 1 atom stereocenters. The molecule has 9 heteroatoms. The first-order valence-corrected chi connectivity index (χ1v) is 11.6. The van der Waals surface area contributed by atoms with Crippen LogP contribution in [0.4, 0.5) is 5.69 Å².